The Morgan fingerprint density at radius 2 is 2.16 bits per heavy atom. The lowest BCUT2D eigenvalue weighted by Gasteiger charge is -2.35. The number of fused-ring (bicyclic) bond motifs is 2. The molecule has 25 heavy (non-hydrogen) atoms. The van der Waals surface area contributed by atoms with Crippen LogP contribution < -0.4 is 10.1 Å². The fraction of sp³-hybridized carbons (Fsp3) is 0.368. The average molecular weight is 339 g/mol. The number of nitrogens with zero attached hydrogens (tertiary/aromatic N) is 2. The van der Waals surface area contributed by atoms with E-state index < -0.39 is 5.92 Å². The molecule has 3 heterocycles. The third-order valence-electron chi connectivity index (χ3n) is 5.25. The van der Waals surface area contributed by atoms with Gasteiger partial charge < -0.3 is 19.5 Å². The van der Waals surface area contributed by atoms with Gasteiger partial charge in [0.05, 0.1) is 19.1 Å². The van der Waals surface area contributed by atoms with Gasteiger partial charge in [-0.15, -0.1) is 0 Å². The minimum absolute atomic E-state index is 0.0174. The molecule has 0 radical (unpaired) electrons. The van der Waals surface area contributed by atoms with Crippen molar-refractivity contribution in [1.29, 1.82) is 0 Å². The highest BCUT2D eigenvalue weighted by Gasteiger charge is 2.35. The van der Waals surface area contributed by atoms with Crippen LogP contribution in [-0.2, 0) is 16.1 Å². The molecule has 1 aromatic heterocycles. The van der Waals surface area contributed by atoms with Gasteiger partial charge in [-0.3, -0.25) is 9.59 Å². The number of methoxy groups -OCH3 is 1. The molecule has 2 aliphatic heterocycles. The predicted octanol–water partition coefficient (Wildman–Crippen LogP) is 2.53. The summed E-state index contributed by atoms with van der Waals surface area (Å²) in [6.45, 7) is 3.50. The zero-order valence-electron chi connectivity index (χ0n) is 14.4. The second-order valence-electron chi connectivity index (χ2n) is 6.59. The molecule has 0 fully saturated rings. The van der Waals surface area contributed by atoms with E-state index >= 15 is 0 Å². The maximum atomic E-state index is 12.9. The molecule has 1 aromatic carbocycles. The lowest BCUT2D eigenvalue weighted by molar-refractivity contribution is -0.136. The largest absolute Gasteiger partial charge is 0.497 e. The van der Waals surface area contributed by atoms with Crippen LogP contribution in [0.4, 0.5) is 5.69 Å². The van der Waals surface area contributed by atoms with Crippen molar-refractivity contribution in [2.45, 2.75) is 31.8 Å². The molecule has 0 saturated heterocycles. The van der Waals surface area contributed by atoms with Crippen LogP contribution in [0.3, 0.4) is 0 Å². The van der Waals surface area contributed by atoms with Crippen LogP contribution in [0.5, 0.6) is 5.75 Å². The molecule has 1 N–H and O–H groups in total. The van der Waals surface area contributed by atoms with E-state index in [9.17, 15) is 9.59 Å². The topological polar surface area (TPSA) is 63.6 Å². The second kappa shape index (κ2) is 5.95. The Hall–Kier alpha value is -2.76. The molecule has 0 spiro atoms. The summed E-state index contributed by atoms with van der Waals surface area (Å²) in [5.41, 5.74) is 2.75. The first-order valence-corrected chi connectivity index (χ1v) is 8.52. The van der Waals surface area contributed by atoms with Crippen molar-refractivity contribution in [3.8, 4) is 5.75 Å². The lowest BCUT2D eigenvalue weighted by atomic mass is 9.96. The van der Waals surface area contributed by atoms with Crippen LogP contribution in [0.25, 0.3) is 0 Å². The van der Waals surface area contributed by atoms with Gasteiger partial charge in [-0.05, 0) is 30.7 Å². The molecule has 4 rings (SSSR count). The molecule has 2 amide bonds. The van der Waals surface area contributed by atoms with Gasteiger partial charge in [0.2, 0.25) is 11.8 Å². The average Bonchev–Trinajstić information content (AvgIpc) is 3.20. The summed E-state index contributed by atoms with van der Waals surface area (Å²) in [7, 11) is 1.59. The van der Waals surface area contributed by atoms with E-state index in [4.69, 9.17) is 4.74 Å². The van der Waals surface area contributed by atoms with Crippen molar-refractivity contribution in [2.24, 2.45) is 0 Å². The minimum atomic E-state index is -0.436. The van der Waals surface area contributed by atoms with E-state index in [-0.39, 0.29) is 24.3 Å². The summed E-state index contributed by atoms with van der Waals surface area (Å²) in [5.74, 6) is 0.152. The number of nitrogens with one attached hydrogen (secondary N) is 1. The van der Waals surface area contributed by atoms with Crippen molar-refractivity contribution in [3.63, 3.8) is 0 Å². The van der Waals surface area contributed by atoms with Crippen LogP contribution in [0, 0.1) is 0 Å². The van der Waals surface area contributed by atoms with Gasteiger partial charge in [-0.25, -0.2) is 0 Å². The van der Waals surface area contributed by atoms with E-state index in [2.05, 4.69) is 9.88 Å². The van der Waals surface area contributed by atoms with Crippen molar-refractivity contribution < 1.29 is 14.3 Å². The Balaban J connectivity index is 1.53. The van der Waals surface area contributed by atoms with Crippen LogP contribution >= 0.6 is 0 Å². The molecule has 6 heteroatoms. The maximum absolute atomic E-state index is 12.9. The molecular weight excluding hydrogens is 318 g/mol. The van der Waals surface area contributed by atoms with Crippen molar-refractivity contribution >= 4 is 17.5 Å². The van der Waals surface area contributed by atoms with Crippen molar-refractivity contribution in [1.82, 2.24) is 9.47 Å². The summed E-state index contributed by atoms with van der Waals surface area (Å²) in [4.78, 5) is 27.1. The number of anilines is 1. The molecule has 2 aliphatic rings. The summed E-state index contributed by atoms with van der Waals surface area (Å²) in [5, 5.41) is 2.86. The first kappa shape index (κ1) is 15.7. The molecular formula is C19H21N3O3. The first-order valence-electron chi connectivity index (χ1n) is 8.52. The van der Waals surface area contributed by atoms with Crippen LogP contribution in [0.2, 0.25) is 0 Å². The Bertz CT molecular complexity index is 842. The SMILES string of the molecule is COc1ccc2c(c1)NC(=O)C2CC(=O)N1CCn2cccc2C1C. The molecule has 130 valence electrons. The highest BCUT2D eigenvalue weighted by Crippen LogP contribution is 2.38. The zero-order chi connectivity index (χ0) is 17.6. The maximum Gasteiger partial charge on any atom is 0.232 e. The highest BCUT2D eigenvalue weighted by molar-refractivity contribution is 6.05. The van der Waals surface area contributed by atoms with Gasteiger partial charge in [0.25, 0.3) is 0 Å². The molecule has 2 atom stereocenters. The number of ether oxygens (including phenoxy) is 1. The van der Waals surface area contributed by atoms with Crippen molar-refractivity contribution in [3.05, 3.63) is 47.8 Å². The molecule has 6 nitrogen and oxygen atoms in total. The van der Waals surface area contributed by atoms with Crippen LogP contribution in [0.15, 0.2) is 36.5 Å². The number of amides is 2. The Morgan fingerprint density at radius 1 is 1.32 bits per heavy atom. The molecule has 2 aromatic rings. The van der Waals surface area contributed by atoms with Crippen LogP contribution in [0.1, 0.15) is 36.6 Å². The smallest absolute Gasteiger partial charge is 0.232 e. The zero-order valence-corrected chi connectivity index (χ0v) is 14.4. The Labute approximate surface area is 146 Å². The molecule has 0 bridgehead atoms. The van der Waals surface area contributed by atoms with E-state index in [0.717, 1.165) is 23.5 Å². The normalized spacial score (nSPS) is 21.5. The number of benzene rings is 1. The molecule has 0 aliphatic carbocycles. The van der Waals surface area contributed by atoms with Gasteiger partial charge in [-0.1, -0.05) is 6.07 Å². The third-order valence-corrected chi connectivity index (χ3v) is 5.25. The predicted molar refractivity (Wildman–Crippen MR) is 93.5 cm³/mol. The van der Waals surface area contributed by atoms with E-state index in [1.807, 2.05) is 42.3 Å². The minimum Gasteiger partial charge on any atom is -0.497 e. The van der Waals surface area contributed by atoms with Gasteiger partial charge >= 0.3 is 0 Å². The summed E-state index contributed by atoms with van der Waals surface area (Å²) in [6.07, 6.45) is 2.23. The summed E-state index contributed by atoms with van der Waals surface area (Å²) in [6, 6.07) is 9.58. The number of carbonyl (C=O) groups is 2. The van der Waals surface area contributed by atoms with Gasteiger partial charge in [0.1, 0.15) is 5.75 Å². The van der Waals surface area contributed by atoms with Crippen molar-refractivity contribution in [2.75, 3.05) is 19.0 Å². The van der Waals surface area contributed by atoms with Gasteiger partial charge in [-0.2, -0.15) is 0 Å². The number of aromatic nitrogens is 1. The van der Waals surface area contributed by atoms with Gasteiger partial charge in [0, 0.05) is 43.2 Å². The standard InChI is InChI=1S/C19H21N3O3/c1-12-17-4-3-7-21(17)8-9-22(12)18(23)11-15-14-6-5-13(25-2)10-16(14)20-19(15)24/h3-7,10,12,15H,8-9,11H2,1-2H3,(H,20,24). The number of hydrogen-bond acceptors (Lipinski definition) is 3. The summed E-state index contributed by atoms with van der Waals surface area (Å²) < 4.78 is 7.38. The van der Waals surface area contributed by atoms with E-state index in [0.29, 0.717) is 12.3 Å². The number of rotatable bonds is 3. The van der Waals surface area contributed by atoms with E-state index in [1.54, 1.807) is 13.2 Å². The highest BCUT2D eigenvalue weighted by atomic mass is 16.5. The van der Waals surface area contributed by atoms with Gasteiger partial charge in [0.15, 0.2) is 0 Å². The lowest BCUT2D eigenvalue weighted by Crippen LogP contribution is -2.41. The fourth-order valence-corrected chi connectivity index (χ4v) is 3.85. The monoisotopic (exact) mass is 339 g/mol. The first-order chi connectivity index (χ1) is 12.1. The number of hydrogen-bond donors (Lipinski definition) is 1. The fourth-order valence-electron chi connectivity index (χ4n) is 3.85. The quantitative estimate of drug-likeness (QED) is 0.935. The molecule has 2 unspecified atom stereocenters. The van der Waals surface area contributed by atoms with Crippen LogP contribution in [-0.4, -0.2) is 34.9 Å². The molecule has 0 saturated carbocycles. The summed E-state index contributed by atoms with van der Waals surface area (Å²) >= 11 is 0. The Kier molecular flexibility index (Phi) is 3.75. The Morgan fingerprint density at radius 3 is 2.96 bits per heavy atom. The third kappa shape index (κ3) is 2.58. The number of carbonyl (C=O) groups excluding carboxylic acids is 2. The van der Waals surface area contributed by atoms with E-state index in [1.165, 1.54) is 0 Å². The second-order valence-corrected chi connectivity index (χ2v) is 6.59.